The molecule has 1 amide bonds. The number of benzene rings is 1. The van der Waals surface area contributed by atoms with Gasteiger partial charge in [-0.2, -0.15) is 4.31 Å². The Morgan fingerprint density at radius 2 is 1.96 bits per heavy atom. The summed E-state index contributed by atoms with van der Waals surface area (Å²) < 4.78 is 42.5. The number of rotatable bonds is 9. The molecule has 1 aromatic rings. The summed E-state index contributed by atoms with van der Waals surface area (Å²) in [7, 11) is -0.755. The Morgan fingerprint density at radius 3 is 2.59 bits per heavy atom. The number of amides is 1. The fourth-order valence-electron chi connectivity index (χ4n) is 2.46. The van der Waals surface area contributed by atoms with Crippen LogP contribution in [0.4, 0.5) is 5.69 Å². The second-order valence-corrected chi connectivity index (χ2v) is 7.51. The van der Waals surface area contributed by atoms with Crippen LogP contribution in [0.15, 0.2) is 23.1 Å². The summed E-state index contributed by atoms with van der Waals surface area (Å²) in [4.78, 5) is 12.0. The van der Waals surface area contributed by atoms with E-state index < -0.39 is 10.0 Å². The molecule has 1 aliphatic heterocycles. The van der Waals surface area contributed by atoms with Gasteiger partial charge in [-0.1, -0.05) is 0 Å². The minimum Gasteiger partial charge on any atom is -0.495 e. The molecule has 0 aromatic heterocycles. The zero-order chi connectivity index (χ0) is 19.0. The molecule has 0 aliphatic carbocycles. The molecular formula is C16H26ClN3O6S. The van der Waals surface area contributed by atoms with Crippen LogP contribution in [0.1, 0.15) is 0 Å². The highest BCUT2D eigenvalue weighted by molar-refractivity contribution is 7.89. The lowest BCUT2D eigenvalue weighted by atomic mass is 10.3. The van der Waals surface area contributed by atoms with Gasteiger partial charge in [0.05, 0.1) is 33.5 Å². The summed E-state index contributed by atoms with van der Waals surface area (Å²) >= 11 is 0. The van der Waals surface area contributed by atoms with Gasteiger partial charge in [0, 0.05) is 32.4 Å². The summed E-state index contributed by atoms with van der Waals surface area (Å²) in [5.74, 6) is -0.0475. The summed E-state index contributed by atoms with van der Waals surface area (Å²) in [5.41, 5.74) is 0.385. The van der Waals surface area contributed by atoms with Crippen LogP contribution in [-0.2, 0) is 24.3 Å². The van der Waals surface area contributed by atoms with Gasteiger partial charge in [0.2, 0.25) is 15.9 Å². The molecular weight excluding hydrogens is 398 g/mol. The third-order valence-corrected chi connectivity index (χ3v) is 5.72. The lowest BCUT2D eigenvalue weighted by Gasteiger charge is -2.26. The van der Waals surface area contributed by atoms with Gasteiger partial charge < -0.3 is 24.8 Å². The van der Waals surface area contributed by atoms with Crippen molar-refractivity contribution in [3.63, 3.8) is 0 Å². The number of carbonyl (C=O) groups is 1. The van der Waals surface area contributed by atoms with Crippen LogP contribution >= 0.6 is 12.4 Å². The van der Waals surface area contributed by atoms with Gasteiger partial charge in [0.25, 0.3) is 0 Å². The fourth-order valence-corrected chi connectivity index (χ4v) is 4.05. The molecule has 11 heteroatoms. The molecule has 1 aliphatic rings. The van der Waals surface area contributed by atoms with Gasteiger partial charge in [0.1, 0.15) is 10.6 Å². The molecule has 0 bridgehead atoms. The van der Waals surface area contributed by atoms with Crippen LogP contribution in [0.25, 0.3) is 0 Å². The maximum Gasteiger partial charge on any atom is 0.246 e. The van der Waals surface area contributed by atoms with E-state index in [-0.39, 0.29) is 48.6 Å². The minimum absolute atomic E-state index is 0. The van der Waals surface area contributed by atoms with Crippen LogP contribution < -0.4 is 15.4 Å². The number of nitrogens with zero attached hydrogens (tertiary/aromatic N) is 1. The molecule has 2 N–H and O–H groups in total. The Bertz CT molecular complexity index is 710. The molecule has 0 saturated carbocycles. The van der Waals surface area contributed by atoms with Crippen molar-refractivity contribution in [1.82, 2.24) is 9.62 Å². The average Bonchev–Trinajstić information content (AvgIpc) is 2.66. The van der Waals surface area contributed by atoms with E-state index in [1.165, 1.54) is 23.5 Å². The molecule has 2 rings (SSSR count). The molecule has 0 spiro atoms. The first-order chi connectivity index (χ1) is 12.5. The van der Waals surface area contributed by atoms with Gasteiger partial charge in [-0.3, -0.25) is 4.79 Å². The van der Waals surface area contributed by atoms with E-state index in [1.54, 1.807) is 13.2 Å². The maximum atomic E-state index is 12.9. The number of nitrogens with one attached hydrogen (secondary N) is 2. The van der Waals surface area contributed by atoms with Crippen LogP contribution in [0.5, 0.6) is 5.75 Å². The molecule has 1 fully saturated rings. The second-order valence-electron chi connectivity index (χ2n) is 5.60. The Kier molecular flexibility index (Phi) is 9.99. The lowest BCUT2D eigenvalue weighted by Crippen LogP contribution is -2.40. The molecule has 27 heavy (non-hydrogen) atoms. The van der Waals surface area contributed by atoms with E-state index in [2.05, 4.69) is 10.6 Å². The number of carbonyl (C=O) groups excluding carboxylic acids is 1. The first-order valence-corrected chi connectivity index (χ1v) is 9.68. The normalized spacial score (nSPS) is 15.0. The van der Waals surface area contributed by atoms with Gasteiger partial charge in [-0.25, -0.2) is 8.42 Å². The van der Waals surface area contributed by atoms with Crippen molar-refractivity contribution >= 4 is 34.0 Å². The quantitative estimate of drug-likeness (QED) is 0.550. The molecule has 1 aromatic carbocycles. The molecule has 0 atom stereocenters. The Morgan fingerprint density at radius 1 is 1.26 bits per heavy atom. The van der Waals surface area contributed by atoms with Gasteiger partial charge >= 0.3 is 0 Å². The third-order valence-electron chi connectivity index (χ3n) is 3.80. The molecule has 0 radical (unpaired) electrons. The zero-order valence-corrected chi connectivity index (χ0v) is 17.0. The largest absolute Gasteiger partial charge is 0.495 e. The monoisotopic (exact) mass is 423 g/mol. The number of morpholine rings is 1. The Labute approximate surface area is 165 Å². The van der Waals surface area contributed by atoms with E-state index in [1.807, 2.05) is 0 Å². The van der Waals surface area contributed by atoms with E-state index in [0.717, 1.165) is 0 Å². The third kappa shape index (κ3) is 6.59. The Balaban J connectivity index is 0.00000364. The van der Waals surface area contributed by atoms with Crippen LogP contribution in [0.2, 0.25) is 0 Å². The number of halogens is 1. The predicted octanol–water partition coefficient (Wildman–Crippen LogP) is 0.312. The van der Waals surface area contributed by atoms with Crippen LogP contribution in [0.3, 0.4) is 0 Å². The number of methoxy groups -OCH3 is 2. The van der Waals surface area contributed by atoms with Crippen molar-refractivity contribution in [2.24, 2.45) is 0 Å². The van der Waals surface area contributed by atoms with Crippen molar-refractivity contribution < 1.29 is 27.4 Å². The maximum absolute atomic E-state index is 12.9. The van der Waals surface area contributed by atoms with Crippen molar-refractivity contribution in [2.75, 3.05) is 65.5 Å². The summed E-state index contributed by atoms with van der Waals surface area (Å²) in [6.07, 6.45) is 0. The first-order valence-electron chi connectivity index (χ1n) is 8.24. The topological polar surface area (TPSA) is 106 Å². The molecule has 1 heterocycles. The predicted molar refractivity (Wildman–Crippen MR) is 103 cm³/mol. The first kappa shape index (κ1) is 23.6. The molecule has 154 valence electrons. The van der Waals surface area contributed by atoms with Crippen molar-refractivity contribution in [2.45, 2.75) is 4.90 Å². The zero-order valence-electron chi connectivity index (χ0n) is 15.4. The van der Waals surface area contributed by atoms with Gasteiger partial charge in [-0.05, 0) is 18.2 Å². The number of sulfonamides is 1. The van der Waals surface area contributed by atoms with Gasteiger partial charge in [-0.15, -0.1) is 12.4 Å². The summed E-state index contributed by atoms with van der Waals surface area (Å²) in [6.45, 7) is 2.41. The molecule has 1 saturated heterocycles. The number of hydrogen-bond donors (Lipinski definition) is 2. The number of hydrogen-bond acceptors (Lipinski definition) is 7. The highest BCUT2D eigenvalue weighted by atomic mass is 35.5. The van der Waals surface area contributed by atoms with E-state index in [4.69, 9.17) is 14.2 Å². The average molecular weight is 424 g/mol. The van der Waals surface area contributed by atoms with E-state index >= 15 is 0 Å². The number of anilines is 1. The molecule has 0 unspecified atom stereocenters. The summed E-state index contributed by atoms with van der Waals surface area (Å²) in [5, 5.41) is 5.60. The minimum atomic E-state index is -3.74. The molecule has 9 nitrogen and oxygen atoms in total. The van der Waals surface area contributed by atoms with E-state index in [9.17, 15) is 13.2 Å². The van der Waals surface area contributed by atoms with Gasteiger partial charge in [0.15, 0.2) is 0 Å². The highest BCUT2D eigenvalue weighted by Crippen LogP contribution is 2.30. The fraction of sp³-hybridized carbons (Fsp3) is 0.562. The van der Waals surface area contributed by atoms with Crippen LogP contribution in [0, 0.1) is 0 Å². The van der Waals surface area contributed by atoms with Crippen LogP contribution in [-0.4, -0.2) is 78.8 Å². The number of ether oxygens (including phenoxy) is 3. The van der Waals surface area contributed by atoms with E-state index in [0.29, 0.717) is 32.1 Å². The van der Waals surface area contributed by atoms with Crippen molar-refractivity contribution in [3.8, 4) is 5.75 Å². The second kappa shape index (κ2) is 11.4. The highest BCUT2D eigenvalue weighted by Gasteiger charge is 2.29. The lowest BCUT2D eigenvalue weighted by molar-refractivity contribution is -0.115. The van der Waals surface area contributed by atoms with Crippen molar-refractivity contribution in [3.05, 3.63) is 18.2 Å². The SMILES string of the molecule is COCCNCC(=O)Nc1ccc(OC)c(S(=O)(=O)N2CCOCC2)c1.Cl. The Hall–Kier alpha value is -1.43. The standard InChI is InChI=1S/C16H25N3O6S.ClH/c1-23-8-5-17-12-16(20)18-13-3-4-14(24-2)15(11-13)26(21,22)19-6-9-25-10-7-19;/h3-4,11,17H,5-10,12H2,1-2H3,(H,18,20);1H. The smallest absolute Gasteiger partial charge is 0.246 e. The van der Waals surface area contributed by atoms with Crippen molar-refractivity contribution in [1.29, 1.82) is 0 Å². The summed E-state index contributed by atoms with van der Waals surface area (Å²) in [6, 6.07) is 4.54.